The van der Waals surface area contributed by atoms with E-state index < -0.39 is 5.41 Å². The molecular weight excluding hydrogens is 282 g/mol. The SMILES string of the molecule is CCCCCCCCCCCCOCC(CO)(CO)CO.N. The normalized spacial score (nSPS) is 11.5. The molecule has 0 fully saturated rings. The molecule has 0 aliphatic rings. The summed E-state index contributed by atoms with van der Waals surface area (Å²) in [7, 11) is 0. The predicted molar refractivity (Wildman–Crippen MR) is 91.4 cm³/mol. The van der Waals surface area contributed by atoms with Gasteiger partial charge in [0.05, 0.1) is 31.8 Å². The molecule has 0 rings (SSSR count). The molecule has 22 heavy (non-hydrogen) atoms. The lowest BCUT2D eigenvalue weighted by Gasteiger charge is -2.26. The maximum absolute atomic E-state index is 9.15. The second-order valence-corrected chi connectivity index (χ2v) is 6.21. The Labute approximate surface area is 136 Å². The van der Waals surface area contributed by atoms with Crippen molar-refractivity contribution in [1.82, 2.24) is 6.15 Å². The maximum atomic E-state index is 9.15. The smallest absolute Gasteiger partial charge is 0.0629 e. The molecule has 0 aromatic carbocycles. The lowest BCUT2D eigenvalue weighted by atomic mass is 9.93. The summed E-state index contributed by atoms with van der Waals surface area (Å²) in [5, 5.41) is 27.5. The first-order valence-electron chi connectivity index (χ1n) is 8.65. The summed E-state index contributed by atoms with van der Waals surface area (Å²) < 4.78 is 5.46. The molecule has 0 saturated heterocycles. The monoisotopic (exact) mass is 321 g/mol. The van der Waals surface area contributed by atoms with E-state index in [-0.39, 0.29) is 32.6 Å². The standard InChI is InChI=1S/C17H36O4.H3N/c1-2-3-4-5-6-7-8-9-10-11-12-21-16-17(13-18,14-19)15-20;/h18-20H,2-16H2,1H3;1H3. The Morgan fingerprint density at radius 3 is 1.50 bits per heavy atom. The molecule has 0 spiro atoms. The first kappa shape index (κ1) is 24.1. The van der Waals surface area contributed by atoms with Crippen molar-refractivity contribution in [1.29, 1.82) is 0 Å². The van der Waals surface area contributed by atoms with Gasteiger partial charge < -0.3 is 26.2 Å². The number of hydrogen-bond donors (Lipinski definition) is 4. The van der Waals surface area contributed by atoms with Crippen LogP contribution >= 0.6 is 0 Å². The molecule has 0 radical (unpaired) electrons. The van der Waals surface area contributed by atoms with E-state index >= 15 is 0 Å². The highest BCUT2D eigenvalue weighted by Crippen LogP contribution is 2.15. The van der Waals surface area contributed by atoms with E-state index in [9.17, 15) is 0 Å². The van der Waals surface area contributed by atoms with Crippen molar-refractivity contribution in [3.05, 3.63) is 0 Å². The van der Waals surface area contributed by atoms with Crippen molar-refractivity contribution in [3.8, 4) is 0 Å². The number of ether oxygens (including phenoxy) is 1. The Morgan fingerprint density at radius 1 is 0.682 bits per heavy atom. The van der Waals surface area contributed by atoms with Gasteiger partial charge in [0, 0.05) is 6.61 Å². The topological polar surface area (TPSA) is 105 Å². The number of aliphatic hydroxyl groups excluding tert-OH is 3. The van der Waals surface area contributed by atoms with Crippen molar-refractivity contribution in [2.45, 2.75) is 71.1 Å². The zero-order valence-corrected chi connectivity index (χ0v) is 14.6. The van der Waals surface area contributed by atoms with Gasteiger partial charge in [-0.2, -0.15) is 0 Å². The molecule has 5 nitrogen and oxygen atoms in total. The Bertz CT molecular complexity index is 203. The van der Waals surface area contributed by atoms with Crippen LogP contribution in [-0.4, -0.2) is 48.4 Å². The van der Waals surface area contributed by atoms with Crippen molar-refractivity contribution in [3.63, 3.8) is 0 Å². The van der Waals surface area contributed by atoms with Crippen LogP contribution in [0.5, 0.6) is 0 Å². The summed E-state index contributed by atoms with van der Waals surface area (Å²) in [6.07, 6.45) is 12.9. The average Bonchev–Trinajstić information content (AvgIpc) is 2.53. The molecule has 0 aromatic heterocycles. The zero-order valence-electron chi connectivity index (χ0n) is 14.6. The first-order chi connectivity index (χ1) is 10.2. The van der Waals surface area contributed by atoms with Crippen LogP contribution < -0.4 is 6.15 Å². The van der Waals surface area contributed by atoms with Crippen LogP contribution in [-0.2, 0) is 4.74 Å². The highest BCUT2D eigenvalue weighted by Gasteiger charge is 2.28. The van der Waals surface area contributed by atoms with Gasteiger partial charge in [-0.05, 0) is 6.42 Å². The van der Waals surface area contributed by atoms with Crippen LogP contribution in [0.3, 0.4) is 0 Å². The second-order valence-electron chi connectivity index (χ2n) is 6.21. The van der Waals surface area contributed by atoms with E-state index in [1.54, 1.807) is 0 Å². The molecule has 0 aliphatic heterocycles. The lowest BCUT2D eigenvalue weighted by molar-refractivity contribution is -0.0582. The van der Waals surface area contributed by atoms with Crippen molar-refractivity contribution < 1.29 is 20.1 Å². The summed E-state index contributed by atoms with van der Waals surface area (Å²) in [4.78, 5) is 0. The van der Waals surface area contributed by atoms with E-state index in [2.05, 4.69) is 6.92 Å². The van der Waals surface area contributed by atoms with E-state index in [4.69, 9.17) is 20.1 Å². The highest BCUT2D eigenvalue weighted by atomic mass is 16.5. The largest absolute Gasteiger partial charge is 0.396 e. The molecule has 6 N–H and O–H groups in total. The molecule has 5 heteroatoms. The second kappa shape index (κ2) is 17.2. The van der Waals surface area contributed by atoms with E-state index in [1.807, 2.05) is 0 Å². The highest BCUT2D eigenvalue weighted by molar-refractivity contribution is 4.76. The number of unbranched alkanes of at least 4 members (excludes halogenated alkanes) is 9. The number of rotatable bonds is 16. The summed E-state index contributed by atoms with van der Waals surface area (Å²) in [6, 6.07) is 0. The maximum Gasteiger partial charge on any atom is 0.0629 e. The average molecular weight is 322 g/mol. The minimum absolute atomic E-state index is 0. The van der Waals surface area contributed by atoms with Crippen LogP contribution in [0.4, 0.5) is 0 Å². The van der Waals surface area contributed by atoms with Gasteiger partial charge in [-0.1, -0.05) is 64.7 Å². The third-order valence-corrected chi connectivity index (χ3v) is 4.06. The van der Waals surface area contributed by atoms with Gasteiger partial charge in [0.25, 0.3) is 0 Å². The van der Waals surface area contributed by atoms with Crippen molar-refractivity contribution in [2.75, 3.05) is 33.0 Å². The molecule has 0 aliphatic carbocycles. The van der Waals surface area contributed by atoms with Crippen LogP contribution in [0.1, 0.15) is 71.1 Å². The van der Waals surface area contributed by atoms with Gasteiger partial charge in [0.15, 0.2) is 0 Å². The molecule has 0 saturated carbocycles. The Hall–Kier alpha value is -0.200. The molecule has 0 unspecified atom stereocenters. The zero-order chi connectivity index (χ0) is 15.8. The van der Waals surface area contributed by atoms with Crippen LogP contribution in [0.25, 0.3) is 0 Å². The van der Waals surface area contributed by atoms with Crippen LogP contribution in [0.2, 0.25) is 0 Å². The lowest BCUT2D eigenvalue weighted by Crippen LogP contribution is -2.38. The molecular formula is C17H39NO4. The molecule has 0 atom stereocenters. The van der Waals surface area contributed by atoms with Gasteiger partial charge >= 0.3 is 0 Å². The van der Waals surface area contributed by atoms with Crippen molar-refractivity contribution in [2.24, 2.45) is 5.41 Å². The predicted octanol–water partition coefficient (Wildman–Crippen LogP) is 3.05. The van der Waals surface area contributed by atoms with Gasteiger partial charge in [-0.15, -0.1) is 0 Å². The third kappa shape index (κ3) is 12.4. The number of hydrogen-bond acceptors (Lipinski definition) is 5. The fraction of sp³-hybridized carbons (Fsp3) is 1.00. The van der Waals surface area contributed by atoms with Gasteiger partial charge in [-0.25, -0.2) is 0 Å². The van der Waals surface area contributed by atoms with Crippen molar-refractivity contribution >= 4 is 0 Å². The van der Waals surface area contributed by atoms with Crippen LogP contribution in [0, 0.1) is 5.41 Å². The Morgan fingerprint density at radius 2 is 1.09 bits per heavy atom. The number of aliphatic hydroxyl groups is 3. The summed E-state index contributed by atoms with van der Waals surface area (Å²) >= 11 is 0. The fourth-order valence-electron chi connectivity index (χ4n) is 2.27. The minimum atomic E-state index is -0.890. The third-order valence-electron chi connectivity index (χ3n) is 4.06. The summed E-state index contributed by atoms with van der Waals surface area (Å²) in [5.74, 6) is 0. The summed E-state index contributed by atoms with van der Waals surface area (Å²) in [5.41, 5.74) is -0.890. The van der Waals surface area contributed by atoms with E-state index in [0.717, 1.165) is 6.42 Å². The van der Waals surface area contributed by atoms with E-state index in [0.29, 0.717) is 6.61 Å². The quantitative estimate of drug-likeness (QED) is 0.327. The molecule has 0 aromatic rings. The summed E-state index contributed by atoms with van der Waals surface area (Å²) in [6.45, 7) is 2.34. The Kier molecular flexibility index (Phi) is 18.8. The Balaban J connectivity index is 0. The van der Waals surface area contributed by atoms with Crippen LogP contribution in [0.15, 0.2) is 0 Å². The fourth-order valence-corrected chi connectivity index (χ4v) is 2.27. The van der Waals surface area contributed by atoms with Gasteiger partial charge in [0.1, 0.15) is 0 Å². The molecule has 0 amide bonds. The van der Waals surface area contributed by atoms with E-state index in [1.165, 1.54) is 57.8 Å². The van der Waals surface area contributed by atoms with Gasteiger partial charge in [-0.3, -0.25) is 0 Å². The van der Waals surface area contributed by atoms with Gasteiger partial charge in [0.2, 0.25) is 0 Å². The molecule has 0 heterocycles. The molecule has 136 valence electrons. The first-order valence-corrected chi connectivity index (χ1v) is 8.65. The molecule has 0 bridgehead atoms. The minimum Gasteiger partial charge on any atom is -0.396 e.